The summed E-state index contributed by atoms with van der Waals surface area (Å²) in [6.07, 6.45) is 7.25. The van der Waals surface area contributed by atoms with Crippen LogP contribution in [0, 0.1) is 11.8 Å². The third-order valence-corrected chi connectivity index (χ3v) is 6.98. The lowest BCUT2D eigenvalue weighted by atomic mass is 9.84. The molecule has 3 rings (SSSR count). The Hall–Kier alpha value is -0.610. The van der Waals surface area contributed by atoms with Gasteiger partial charge in [-0.2, -0.15) is 0 Å². The summed E-state index contributed by atoms with van der Waals surface area (Å²) in [7, 11) is 0. The van der Waals surface area contributed by atoms with E-state index in [1.165, 1.54) is 38.9 Å². The Morgan fingerprint density at radius 2 is 1.61 bits per heavy atom. The van der Waals surface area contributed by atoms with Crippen LogP contribution >= 0.6 is 24.0 Å². The van der Waals surface area contributed by atoms with Crippen molar-refractivity contribution in [1.82, 2.24) is 25.3 Å². The number of guanidine groups is 1. The van der Waals surface area contributed by atoms with E-state index in [0.717, 1.165) is 83.5 Å². The molecule has 8 heteroatoms. The van der Waals surface area contributed by atoms with Crippen molar-refractivity contribution in [1.29, 1.82) is 0 Å². The van der Waals surface area contributed by atoms with E-state index in [4.69, 9.17) is 4.99 Å². The highest BCUT2D eigenvalue weighted by Gasteiger charge is 2.31. The number of hydrogen-bond acceptors (Lipinski definition) is 4. The first-order valence-electron chi connectivity index (χ1n) is 12.4. The van der Waals surface area contributed by atoms with Crippen molar-refractivity contribution >= 4 is 35.8 Å². The Morgan fingerprint density at radius 1 is 0.935 bits per heavy atom. The molecule has 7 nitrogen and oxygen atoms in total. The van der Waals surface area contributed by atoms with Crippen molar-refractivity contribution in [3.63, 3.8) is 0 Å². The number of nitrogens with zero attached hydrogens (tertiary/aromatic N) is 4. The lowest BCUT2D eigenvalue weighted by Gasteiger charge is -2.38. The van der Waals surface area contributed by atoms with E-state index >= 15 is 0 Å². The molecule has 3 fully saturated rings. The van der Waals surface area contributed by atoms with Crippen molar-refractivity contribution in [2.24, 2.45) is 16.8 Å². The van der Waals surface area contributed by atoms with E-state index < -0.39 is 0 Å². The largest absolute Gasteiger partial charge is 0.357 e. The van der Waals surface area contributed by atoms with Gasteiger partial charge in [-0.15, -0.1) is 24.0 Å². The number of amides is 1. The summed E-state index contributed by atoms with van der Waals surface area (Å²) in [5.74, 6) is 2.56. The lowest BCUT2D eigenvalue weighted by molar-refractivity contribution is -0.139. The van der Waals surface area contributed by atoms with Crippen molar-refractivity contribution in [2.75, 3.05) is 72.0 Å². The van der Waals surface area contributed by atoms with Crippen LogP contribution in [-0.4, -0.2) is 98.6 Å². The monoisotopic (exact) mass is 548 g/mol. The highest BCUT2D eigenvalue weighted by atomic mass is 127. The molecule has 0 aromatic heterocycles. The van der Waals surface area contributed by atoms with Crippen LogP contribution < -0.4 is 10.6 Å². The number of carbonyl (C=O) groups is 1. The van der Waals surface area contributed by atoms with Crippen molar-refractivity contribution in [2.45, 2.75) is 52.4 Å². The van der Waals surface area contributed by atoms with Crippen LogP contribution in [0.1, 0.15) is 52.4 Å². The summed E-state index contributed by atoms with van der Waals surface area (Å²) < 4.78 is 0. The van der Waals surface area contributed by atoms with Gasteiger partial charge in [-0.1, -0.05) is 13.3 Å². The summed E-state index contributed by atoms with van der Waals surface area (Å²) >= 11 is 0. The van der Waals surface area contributed by atoms with Crippen LogP contribution in [0.5, 0.6) is 0 Å². The first-order chi connectivity index (χ1) is 14.7. The predicted molar refractivity (Wildman–Crippen MR) is 139 cm³/mol. The molecule has 0 aromatic carbocycles. The molecule has 0 atom stereocenters. The second-order valence-electron chi connectivity index (χ2n) is 9.36. The van der Waals surface area contributed by atoms with Crippen LogP contribution in [0.15, 0.2) is 4.99 Å². The van der Waals surface area contributed by atoms with E-state index in [1.807, 2.05) is 0 Å². The Kier molecular flexibility index (Phi) is 12.5. The summed E-state index contributed by atoms with van der Waals surface area (Å²) in [4.78, 5) is 24.3. The average Bonchev–Trinajstić information content (AvgIpc) is 2.71. The number of rotatable bonds is 9. The lowest BCUT2D eigenvalue weighted by Crippen LogP contribution is -2.52. The quantitative estimate of drug-likeness (QED) is 0.200. The molecule has 1 saturated carbocycles. The molecule has 3 aliphatic rings. The summed E-state index contributed by atoms with van der Waals surface area (Å²) in [6, 6.07) is 0. The number of aliphatic imine (C=N–C) groups is 1. The zero-order chi connectivity index (χ0) is 21.2. The normalized spacial score (nSPS) is 22.0. The van der Waals surface area contributed by atoms with Gasteiger partial charge in [0.2, 0.25) is 5.91 Å². The summed E-state index contributed by atoms with van der Waals surface area (Å²) in [6.45, 7) is 15.6. The summed E-state index contributed by atoms with van der Waals surface area (Å²) in [5, 5.41) is 6.85. The molecule has 2 aliphatic heterocycles. The fourth-order valence-corrected chi connectivity index (χ4v) is 4.55. The minimum Gasteiger partial charge on any atom is -0.357 e. The van der Waals surface area contributed by atoms with Crippen LogP contribution in [0.3, 0.4) is 0 Å². The van der Waals surface area contributed by atoms with Gasteiger partial charge in [0, 0.05) is 58.3 Å². The standard InChI is InChI=1S/C23H44N6O.HI/c1-3-24-23(25-10-5-12-27-13-8-20(2)9-14-27)26-11-15-28-16-18-29(19-17-28)22(30)21-6-4-7-21;/h20-21H,3-19H2,1-2H3,(H2,24,25,26);1H. The van der Waals surface area contributed by atoms with E-state index in [2.05, 4.69) is 39.2 Å². The molecule has 0 spiro atoms. The van der Waals surface area contributed by atoms with Gasteiger partial charge in [0.15, 0.2) is 5.96 Å². The van der Waals surface area contributed by atoms with Crippen LogP contribution in [0.4, 0.5) is 0 Å². The Labute approximate surface area is 206 Å². The van der Waals surface area contributed by atoms with E-state index in [9.17, 15) is 4.79 Å². The number of halogens is 1. The van der Waals surface area contributed by atoms with Crippen molar-refractivity contribution in [3.05, 3.63) is 0 Å². The van der Waals surface area contributed by atoms with E-state index in [0.29, 0.717) is 11.8 Å². The highest BCUT2D eigenvalue weighted by molar-refractivity contribution is 14.0. The maximum atomic E-state index is 12.4. The minimum atomic E-state index is 0. The number of piperazine rings is 1. The molecule has 1 aliphatic carbocycles. The molecule has 2 N–H and O–H groups in total. The number of nitrogens with one attached hydrogen (secondary N) is 2. The smallest absolute Gasteiger partial charge is 0.225 e. The van der Waals surface area contributed by atoms with Gasteiger partial charge in [0.1, 0.15) is 0 Å². The van der Waals surface area contributed by atoms with E-state index in [1.54, 1.807) is 0 Å². The molecular formula is C23H45IN6O. The Bertz CT molecular complexity index is 540. The SMILES string of the molecule is CCNC(=NCCCN1CCC(C)CC1)NCCN1CCN(C(=O)C2CCC2)CC1.I. The molecule has 2 heterocycles. The molecule has 0 radical (unpaired) electrons. The fourth-order valence-electron chi connectivity index (χ4n) is 4.55. The molecule has 0 aromatic rings. The molecule has 180 valence electrons. The van der Waals surface area contributed by atoms with E-state index in [-0.39, 0.29) is 24.0 Å². The highest BCUT2D eigenvalue weighted by Crippen LogP contribution is 2.28. The van der Waals surface area contributed by atoms with Gasteiger partial charge < -0.3 is 20.4 Å². The van der Waals surface area contributed by atoms with Crippen LogP contribution in [0.25, 0.3) is 0 Å². The second kappa shape index (κ2) is 14.5. The maximum Gasteiger partial charge on any atom is 0.225 e. The van der Waals surface area contributed by atoms with Crippen LogP contribution in [0.2, 0.25) is 0 Å². The van der Waals surface area contributed by atoms with Gasteiger partial charge in [0.05, 0.1) is 0 Å². The van der Waals surface area contributed by atoms with Gasteiger partial charge in [0.25, 0.3) is 0 Å². The Balaban J connectivity index is 0.00000341. The topological polar surface area (TPSA) is 63.2 Å². The first-order valence-corrected chi connectivity index (χ1v) is 12.4. The van der Waals surface area contributed by atoms with Gasteiger partial charge in [-0.25, -0.2) is 0 Å². The number of likely N-dealkylation sites (tertiary alicyclic amines) is 1. The number of carbonyl (C=O) groups excluding carboxylic acids is 1. The summed E-state index contributed by atoms with van der Waals surface area (Å²) in [5.41, 5.74) is 0. The second-order valence-corrected chi connectivity index (χ2v) is 9.36. The molecule has 1 amide bonds. The molecule has 0 unspecified atom stereocenters. The van der Waals surface area contributed by atoms with Gasteiger partial charge in [-0.05, 0) is 64.6 Å². The third kappa shape index (κ3) is 9.04. The maximum absolute atomic E-state index is 12.4. The number of piperidine rings is 1. The minimum absolute atomic E-state index is 0. The fraction of sp³-hybridized carbons (Fsp3) is 0.913. The number of hydrogen-bond donors (Lipinski definition) is 2. The van der Waals surface area contributed by atoms with Crippen molar-refractivity contribution < 1.29 is 4.79 Å². The average molecular weight is 549 g/mol. The third-order valence-electron chi connectivity index (χ3n) is 6.98. The van der Waals surface area contributed by atoms with Gasteiger partial charge >= 0.3 is 0 Å². The van der Waals surface area contributed by atoms with Crippen LogP contribution in [-0.2, 0) is 4.79 Å². The Morgan fingerprint density at radius 3 is 2.23 bits per heavy atom. The van der Waals surface area contributed by atoms with Gasteiger partial charge in [-0.3, -0.25) is 14.7 Å². The predicted octanol–water partition coefficient (Wildman–Crippen LogP) is 2.23. The molecule has 31 heavy (non-hydrogen) atoms. The van der Waals surface area contributed by atoms with Crippen molar-refractivity contribution in [3.8, 4) is 0 Å². The zero-order valence-electron chi connectivity index (χ0n) is 19.8. The zero-order valence-corrected chi connectivity index (χ0v) is 22.1. The first kappa shape index (κ1) is 26.6. The molecule has 2 saturated heterocycles. The molecular weight excluding hydrogens is 503 g/mol. The molecule has 0 bridgehead atoms.